The molecular weight excluding hydrogens is 240 g/mol. The Morgan fingerprint density at radius 1 is 0.842 bits per heavy atom. The molecule has 0 spiro atoms. The summed E-state index contributed by atoms with van der Waals surface area (Å²) in [6.07, 6.45) is 0. The van der Waals surface area contributed by atoms with Crippen LogP contribution in [0.5, 0.6) is 5.75 Å². The molecule has 0 aliphatic rings. The monoisotopic (exact) mass is 254 g/mol. The SMILES string of the molecule is NC(N)=N/N=C(\c1ccccc1)c1ccccc1O. The van der Waals surface area contributed by atoms with Crippen molar-refractivity contribution < 1.29 is 5.11 Å². The first kappa shape index (κ1) is 12.6. The molecule has 5 nitrogen and oxygen atoms in total. The Hall–Kier alpha value is -2.82. The Morgan fingerprint density at radius 3 is 2.11 bits per heavy atom. The van der Waals surface area contributed by atoms with Gasteiger partial charge in [0.2, 0.25) is 5.96 Å². The van der Waals surface area contributed by atoms with E-state index in [0.29, 0.717) is 11.3 Å². The van der Waals surface area contributed by atoms with Gasteiger partial charge < -0.3 is 16.6 Å². The van der Waals surface area contributed by atoms with Gasteiger partial charge >= 0.3 is 0 Å². The third kappa shape index (κ3) is 3.10. The van der Waals surface area contributed by atoms with Crippen LogP contribution in [0.2, 0.25) is 0 Å². The molecule has 5 N–H and O–H groups in total. The molecule has 0 aliphatic carbocycles. The van der Waals surface area contributed by atoms with E-state index in [1.807, 2.05) is 36.4 Å². The molecule has 0 aliphatic heterocycles. The van der Waals surface area contributed by atoms with Gasteiger partial charge in [-0.3, -0.25) is 0 Å². The molecular formula is C14H14N4O. The van der Waals surface area contributed by atoms with Crippen molar-refractivity contribution in [2.24, 2.45) is 21.7 Å². The maximum absolute atomic E-state index is 9.92. The van der Waals surface area contributed by atoms with Crippen LogP contribution in [0.1, 0.15) is 11.1 Å². The van der Waals surface area contributed by atoms with Crippen LogP contribution in [0.15, 0.2) is 64.8 Å². The Morgan fingerprint density at radius 2 is 1.47 bits per heavy atom. The van der Waals surface area contributed by atoms with Gasteiger partial charge in [-0.15, -0.1) is 10.2 Å². The third-order valence-corrected chi connectivity index (χ3v) is 2.47. The summed E-state index contributed by atoms with van der Waals surface area (Å²) in [5, 5.41) is 17.6. The average Bonchev–Trinajstić information content (AvgIpc) is 2.42. The molecule has 5 heteroatoms. The summed E-state index contributed by atoms with van der Waals surface area (Å²) >= 11 is 0. The normalized spacial score (nSPS) is 11.1. The van der Waals surface area contributed by atoms with Gasteiger partial charge in [-0.05, 0) is 12.1 Å². The number of para-hydroxylation sites is 1. The second-order valence-corrected chi connectivity index (χ2v) is 3.86. The highest BCUT2D eigenvalue weighted by molar-refractivity contribution is 6.14. The first-order chi connectivity index (χ1) is 9.18. The first-order valence-electron chi connectivity index (χ1n) is 5.69. The second-order valence-electron chi connectivity index (χ2n) is 3.86. The van der Waals surface area contributed by atoms with Crippen molar-refractivity contribution in [2.75, 3.05) is 0 Å². The molecule has 0 saturated heterocycles. The maximum atomic E-state index is 9.92. The zero-order chi connectivity index (χ0) is 13.7. The minimum absolute atomic E-state index is 0.121. The van der Waals surface area contributed by atoms with Gasteiger partial charge in [0.05, 0.1) is 0 Å². The predicted octanol–water partition coefficient (Wildman–Crippen LogP) is 1.42. The van der Waals surface area contributed by atoms with E-state index in [4.69, 9.17) is 11.5 Å². The van der Waals surface area contributed by atoms with Gasteiger partial charge in [-0.1, -0.05) is 42.5 Å². The van der Waals surface area contributed by atoms with E-state index in [1.54, 1.807) is 18.2 Å². The van der Waals surface area contributed by atoms with Crippen molar-refractivity contribution in [1.82, 2.24) is 0 Å². The molecule has 0 amide bonds. The van der Waals surface area contributed by atoms with E-state index in [-0.39, 0.29) is 11.7 Å². The largest absolute Gasteiger partial charge is 0.507 e. The molecule has 19 heavy (non-hydrogen) atoms. The summed E-state index contributed by atoms with van der Waals surface area (Å²) in [6.45, 7) is 0. The molecule has 0 atom stereocenters. The summed E-state index contributed by atoms with van der Waals surface area (Å²) in [7, 11) is 0. The lowest BCUT2D eigenvalue weighted by molar-refractivity contribution is 0.474. The fraction of sp³-hybridized carbons (Fsp3) is 0. The number of nitrogens with two attached hydrogens (primary N) is 2. The van der Waals surface area contributed by atoms with Crippen LogP contribution in [0.4, 0.5) is 0 Å². The Kier molecular flexibility index (Phi) is 3.78. The lowest BCUT2D eigenvalue weighted by Crippen LogP contribution is -2.22. The molecule has 96 valence electrons. The molecule has 2 aromatic carbocycles. The van der Waals surface area contributed by atoms with E-state index in [9.17, 15) is 5.11 Å². The molecule has 0 fully saturated rings. The zero-order valence-electron chi connectivity index (χ0n) is 10.2. The van der Waals surface area contributed by atoms with Crippen molar-refractivity contribution in [3.63, 3.8) is 0 Å². The summed E-state index contributed by atoms with van der Waals surface area (Å²) in [5.74, 6) is -0.0141. The van der Waals surface area contributed by atoms with Crippen molar-refractivity contribution >= 4 is 11.7 Å². The Balaban J connectivity index is 2.57. The number of guanidine groups is 1. The molecule has 0 bridgehead atoms. The van der Waals surface area contributed by atoms with Gasteiger partial charge in [0.25, 0.3) is 0 Å². The highest BCUT2D eigenvalue weighted by Crippen LogP contribution is 2.20. The van der Waals surface area contributed by atoms with Crippen LogP contribution < -0.4 is 11.5 Å². The smallest absolute Gasteiger partial charge is 0.211 e. The molecule has 0 aromatic heterocycles. The number of phenols is 1. The molecule has 0 radical (unpaired) electrons. The summed E-state index contributed by atoms with van der Waals surface area (Å²) in [6, 6.07) is 16.3. The number of phenolic OH excluding ortho intramolecular Hbond substituents is 1. The Labute approximate surface area is 110 Å². The fourth-order valence-corrected chi connectivity index (χ4v) is 1.64. The van der Waals surface area contributed by atoms with Crippen LogP contribution in [0.25, 0.3) is 0 Å². The number of benzene rings is 2. The minimum Gasteiger partial charge on any atom is -0.507 e. The second kappa shape index (κ2) is 5.68. The Bertz CT molecular complexity index is 616. The van der Waals surface area contributed by atoms with Crippen LogP contribution in [-0.2, 0) is 0 Å². The first-order valence-corrected chi connectivity index (χ1v) is 5.69. The minimum atomic E-state index is -0.135. The van der Waals surface area contributed by atoms with Crippen LogP contribution in [0.3, 0.4) is 0 Å². The molecule has 0 saturated carbocycles. The quantitative estimate of drug-likeness (QED) is 0.439. The van der Waals surface area contributed by atoms with Gasteiger partial charge in [0.1, 0.15) is 11.5 Å². The molecule has 2 rings (SSSR count). The standard InChI is InChI=1S/C14H14N4O/c15-14(16)18-17-13(10-6-2-1-3-7-10)11-8-4-5-9-12(11)19/h1-9,19H,(H4,15,16,18)/b17-13+. The summed E-state index contributed by atoms with van der Waals surface area (Å²) < 4.78 is 0. The van der Waals surface area contributed by atoms with Gasteiger partial charge in [-0.2, -0.15) is 0 Å². The van der Waals surface area contributed by atoms with E-state index in [1.165, 1.54) is 0 Å². The highest BCUT2D eigenvalue weighted by atomic mass is 16.3. The molecule has 0 heterocycles. The van der Waals surface area contributed by atoms with Crippen molar-refractivity contribution in [3.8, 4) is 5.75 Å². The molecule has 0 unspecified atom stereocenters. The fourth-order valence-electron chi connectivity index (χ4n) is 1.64. The van der Waals surface area contributed by atoms with Crippen molar-refractivity contribution in [3.05, 3.63) is 65.7 Å². The van der Waals surface area contributed by atoms with E-state index in [0.717, 1.165) is 5.56 Å². The van der Waals surface area contributed by atoms with Crippen LogP contribution in [0, 0.1) is 0 Å². The van der Waals surface area contributed by atoms with Gasteiger partial charge in [-0.25, -0.2) is 0 Å². The lowest BCUT2D eigenvalue weighted by Gasteiger charge is -2.07. The molecule has 2 aromatic rings. The van der Waals surface area contributed by atoms with Gasteiger partial charge in [0.15, 0.2) is 0 Å². The maximum Gasteiger partial charge on any atom is 0.211 e. The number of hydrogen-bond donors (Lipinski definition) is 3. The van der Waals surface area contributed by atoms with Crippen molar-refractivity contribution in [2.45, 2.75) is 0 Å². The van der Waals surface area contributed by atoms with Crippen molar-refractivity contribution in [1.29, 1.82) is 0 Å². The van der Waals surface area contributed by atoms with Crippen LogP contribution >= 0.6 is 0 Å². The predicted molar refractivity (Wildman–Crippen MR) is 76.0 cm³/mol. The zero-order valence-corrected chi connectivity index (χ0v) is 10.2. The van der Waals surface area contributed by atoms with E-state index < -0.39 is 0 Å². The van der Waals surface area contributed by atoms with Gasteiger partial charge in [0, 0.05) is 11.1 Å². The van der Waals surface area contributed by atoms with E-state index in [2.05, 4.69) is 10.2 Å². The third-order valence-electron chi connectivity index (χ3n) is 2.47. The lowest BCUT2D eigenvalue weighted by atomic mass is 10.0. The highest BCUT2D eigenvalue weighted by Gasteiger charge is 2.10. The average molecular weight is 254 g/mol. The van der Waals surface area contributed by atoms with Crippen LogP contribution in [-0.4, -0.2) is 16.8 Å². The van der Waals surface area contributed by atoms with E-state index >= 15 is 0 Å². The topological polar surface area (TPSA) is 97.0 Å². The number of aromatic hydroxyl groups is 1. The summed E-state index contributed by atoms with van der Waals surface area (Å²) in [5.41, 5.74) is 12.5. The summed E-state index contributed by atoms with van der Waals surface area (Å²) in [4.78, 5) is 0. The number of rotatable bonds is 3. The number of hydrogen-bond acceptors (Lipinski definition) is 3. The number of nitrogens with zero attached hydrogens (tertiary/aromatic N) is 2.